The van der Waals surface area contributed by atoms with Crippen molar-refractivity contribution in [2.24, 2.45) is 0 Å². The van der Waals surface area contributed by atoms with Gasteiger partial charge in [-0.3, -0.25) is 0 Å². The van der Waals surface area contributed by atoms with Gasteiger partial charge in [-0.25, -0.2) is 9.78 Å². The number of rotatable bonds is 4. The van der Waals surface area contributed by atoms with E-state index in [2.05, 4.69) is 4.98 Å². The monoisotopic (exact) mass is 225 g/mol. The quantitative estimate of drug-likeness (QED) is 0.793. The molecule has 0 radical (unpaired) electrons. The number of carbonyl (C=O) groups is 1. The molecule has 0 aliphatic heterocycles. The first kappa shape index (κ1) is 12.5. The highest BCUT2D eigenvalue weighted by atomic mass is 16.5. The second kappa shape index (κ2) is 5.01. The van der Waals surface area contributed by atoms with Crippen molar-refractivity contribution in [3.8, 4) is 0 Å². The number of ether oxygens (including phenoxy) is 1. The molecule has 0 amide bonds. The Balaban J connectivity index is 3.17. The molecular formula is C11H19N3O2. The third-order valence-corrected chi connectivity index (χ3v) is 2.32. The molecule has 1 aromatic heterocycles. The van der Waals surface area contributed by atoms with Gasteiger partial charge >= 0.3 is 5.97 Å². The molecule has 0 aliphatic carbocycles. The van der Waals surface area contributed by atoms with Crippen LogP contribution in [0.2, 0.25) is 0 Å². The van der Waals surface area contributed by atoms with E-state index in [1.54, 1.807) is 6.92 Å². The van der Waals surface area contributed by atoms with Gasteiger partial charge in [-0.05, 0) is 20.8 Å². The summed E-state index contributed by atoms with van der Waals surface area (Å²) in [5.41, 5.74) is 6.14. The molecule has 2 N–H and O–H groups in total. The van der Waals surface area contributed by atoms with Crippen molar-refractivity contribution in [1.82, 2.24) is 9.55 Å². The number of nitrogens with zero attached hydrogens (tertiary/aromatic N) is 2. The molecule has 0 saturated carbocycles. The van der Waals surface area contributed by atoms with Gasteiger partial charge in [-0.1, -0.05) is 6.92 Å². The van der Waals surface area contributed by atoms with Crippen LogP contribution in [-0.2, 0) is 11.2 Å². The van der Waals surface area contributed by atoms with Crippen LogP contribution in [0.25, 0.3) is 0 Å². The minimum Gasteiger partial charge on any atom is -0.461 e. The molecule has 1 rings (SSSR count). The summed E-state index contributed by atoms with van der Waals surface area (Å²) in [5.74, 6) is 0.759. The Morgan fingerprint density at radius 3 is 2.50 bits per heavy atom. The number of carbonyl (C=O) groups excluding carboxylic acids is 1. The molecule has 1 aromatic rings. The summed E-state index contributed by atoms with van der Waals surface area (Å²) in [5, 5.41) is 0. The van der Waals surface area contributed by atoms with Gasteiger partial charge in [0.2, 0.25) is 0 Å². The SMILES string of the molecule is CCOC(=O)c1nc(CC)n(C(C)C)c1N. The fourth-order valence-corrected chi connectivity index (χ4v) is 1.67. The summed E-state index contributed by atoms with van der Waals surface area (Å²) >= 11 is 0. The van der Waals surface area contributed by atoms with Crippen molar-refractivity contribution in [3.05, 3.63) is 11.5 Å². The molecule has 90 valence electrons. The lowest BCUT2D eigenvalue weighted by atomic mass is 10.3. The van der Waals surface area contributed by atoms with Gasteiger partial charge in [0.25, 0.3) is 0 Å². The maximum absolute atomic E-state index is 11.6. The van der Waals surface area contributed by atoms with Gasteiger partial charge < -0.3 is 15.0 Å². The van der Waals surface area contributed by atoms with Crippen LogP contribution >= 0.6 is 0 Å². The van der Waals surface area contributed by atoms with E-state index in [4.69, 9.17) is 10.5 Å². The van der Waals surface area contributed by atoms with Crippen LogP contribution in [0, 0.1) is 0 Å². The van der Waals surface area contributed by atoms with E-state index >= 15 is 0 Å². The Morgan fingerprint density at radius 2 is 2.12 bits per heavy atom. The smallest absolute Gasteiger partial charge is 0.360 e. The van der Waals surface area contributed by atoms with Crippen LogP contribution in [0.3, 0.4) is 0 Å². The molecule has 5 heteroatoms. The van der Waals surface area contributed by atoms with E-state index in [-0.39, 0.29) is 11.7 Å². The Bertz CT molecular complexity index is 383. The van der Waals surface area contributed by atoms with Crippen molar-refractivity contribution in [2.75, 3.05) is 12.3 Å². The van der Waals surface area contributed by atoms with Crippen LogP contribution in [-0.4, -0.2) is 22.1 Å². The molecule has 1 heterocycles. The molecule has 0 atom stereocenters. The number of hydrogen-bond donors (Lipinski definition) is 1. The maximum atomic E-state index is 11.6. The Kier molecular flexibility index (Phi) is 3.93. The average Bonchev–Trinajstić information content (AvgIpc) is 2.55. The Morgan fingerprint density at radius 1 is 1.50 bits per heavy atom. The number of aryl methyl sites for hydroxylation is 1. The molecule has 0 saturated heterocycles. The number of hydrogen-bond acceptors (Lipinski definition) is 4. The van der Waals surface area contributed by atoms with Crippen LogP contribution in [0.5, 0.6) is 0 Å². The van der Waals surface area contributed by atoms with Crippen molar-refractivity contribution in [2.45, 2.75) is 40.2 Å². The minimum absolute atomic E-state index is 0.186. The summed E-state index contributed by atoms with van der Waals surface area (Å²) in [4.78, 5) is 15.8. The van der Waals surface area contributed by atoms with Gasteiger partial charge in [0.05, 0.1) is 6.61 Å². The van der Waals surface area contributed by atoms with E-state index < -0.39 is 5.97 Å². The molecule has 16 heavy (non-hydrogen) atoms. The van der Waals surface area contributed by atoms with Crippen molar-refractivity contribution in [3.63, 3.8) is 0 Å². The van der Waals surface area contributed by atoms with Crippen molar-refractivity contribution in [1.29, 1.82) is 0 Å². The second-order valence-electron chi connectivity index (χ2n) is 3.80. The lowest BCUT2D eigenvalue weighted by Crippen LogP contribution is -2.11. The van der Waals surface area contributed by atoms with E-state index in [0.29, 0.717) is 12.4 Å². The summed E-state index contributed by atoms with van der Waals surface area (Å²) in [6, 6.07) is 0.186. The molecule has 0 aromatic carbocycles. The average molecular weight is 225 g/mol. The summed E-state index contributed by atoms with van der Waals surface area (Å²) in [6.07, 6.45) is 0.738. The zero-order chi connectivity index (χ0) is 12.3. The first-order chi connectivity index (χ1) is 7.52. The summed E-state index contributed by atoms with van der Waals surface area (Å²) < 4.78 is 6.77. The van der Waals surface area contributed by atoms with Gasteiger partial charge in [0.15, 0.2) is 5.69 Å². The Labute approximate surface area is 95.6 Å². The van der Waals surface area contributed by atoms with Crippen molar-refractivity contribution >= 4 is 11.8 Å². The third kappa shape index (κ3) is 2.18. The predicted octanol–water partition coefficient (Wildman–Crippen LogP) is 1.79. The van der Waals surface area contributed by atoms with Gasteiger partial charge in [-0.2, -0.15) is 0 Å². The van der Waals surface area contributed by atoms with E-state index in [9.17, 15) is 4.79 Å². The molecule has 5 nitrogen and oxygen atoms in total. The first-order valence-electron chi connectivity index (χ1n) is 5.56. The lowest BCUT2D eigenvalue weighted by molar-refractivity contribution is 0.0521. The third-order valence-electron chi connectivity index (χ3n) is 2.32. The highest BCUT2D eigenvalue weighted by molar-refractivity contribution is 5.92. The van der Waals surface area contributed by atoms with Gasteiger partial charge in [0.1, 0.15) is 11.6 Å². The van der Waals surface area contributed by atoms with Gasteiger partial charge in [0, 0.05) is 12.5 Å². The van der Waals surface area contributed by atoms with Crippen molar-refractivity contribution < 1.29 is 9.53 Å². The van der Waals surface area contributed by atoms with Crippen LogP contribution in [0.15, 0.2) is 0 Å². The normalized spacial score (nSPS) is 10.8. The fraction of sp³-hybridized carbons (Fsp3) is 0.636. The number of nitrogen functional groups attached to an aromatic ring is 1. The molecule has 0 spiro atoms. The summed E-state index contributed by atoms with van der Waals surface area (Å²) in [7, 11) is 0. The van der Waals surface area contributed by atoms with Crippen LogP contribution < -0.4 is 5.73 Å². The van der Waals surface area contributed by atoms with E-state index in [1.807, 2.05) is 25.3 Å². The molecule has 0 fully saturated rings. The predicted molar refractivity (Wildman–Crippen MR) is 62.4 cm³/mol. The number of imidazole rings is 1. The highest BCUT2D eigenvalue weighted by Gasteiger charge is 2.21. The van der Waals surface area contributed by atoms with E-state index in [0.717, 1.165) is 12.2 Å². The molecule has 0 unspecified atom stereocenters. The van der Waals surface area contributed by atoms with E-state index in [1.165, 1.54) is 0 Å². The second-order valence-corrected chi connectivity index (χ2v) is 3.80. The lowest BCUT2D eigenvalue weighted by Gasteiger charge is -2.12. The molecular weight excluding hydrogens is 206 g/mol. The van der Waals surface area contributed by atoms with Gasteiger partial charge in [-0.15, -0.1) is 0 Å². The highest BCUT2D eigenvalue weighted by Crippen LogP contribution is 2.21. The topological polar surface area (TPSA) is 70.1 Å². The number of anilines is 1. The van der Waals surface area contributed by atoms with Crippen LogP contribution in [0.4, 0.5) is 5.82 Å². The molecule has 0 bridgehead atoms. The zero-order valence-electron chi connectivity index (χ0n) is 10.3. The largest absolute Gasteiger partial charge is 0.461 e. The number of nitrogens with two attached hydrogens (primary N) is 1. The number of esters is 1. The molecule has 0 aliphatic rings. The minimum atomic E-state index is -0.450. The fourth-order valence-electron chi connectivity index (χ4n) is 1.67. The Hall–Kier alpha value is -1.52. The number of aromatic nitrogens is 2. The van der Waals surface area contributed by atoms with Crippen LogP contribution in [0.1, 0.15) is 50.0 Å². The first-order valence-corrected chi connectivity index (χ1v) is 5.56. The standard InChI is InChI=1S/C11H19N3O2/c1-5-8-13-9(11(15)16-6-2)10(12)14(8)7(3)4/h7H,5-6,12H2,1-4H3. The maximum Gasteiger partial charge on any atom is 0.360 e. The zero-order valence-corrected chi connectivity index (χ0v) is 10.3. The summed E-state index contributed by atoms with van der Waals surface area (Å²) in [6.45, 7) is 8.08.